The number of hydrogen-bond acceptors (Lipinski definition) is 3. The van der Waals surface area contributed by atoms with Crippen molar-refractivity contribution in [2.24, 2.45) is 0 Å². The van der Waals surface area contributed by atoms with Crippen LogP contribution in [0, 0.1) is 5.82 Å². The number of nitrogens with zero attached hydrogens (tertiary/aromatic N) is 2. The predicted molar refractivity (Wildman–Crippen MR) is 68.9 cm³/mol. The molecule has 17 heavy (non-hydrogen) atoms. The molecule has 0 bridgehead atoms. The monoisotopic (exact) mass is 237 g/mol. The number of piperazine rings is 1. The van der Waals surface area contributed by atoms with Crippen LogP contribution in [0.3, 0.4) is 0 Å². The lowest BCUT2D eigenvalue weighted by Crippen LogP contribution is -2.43. The Morgan fingerprint density at radius 2 is 2.00 bits per heavy atom. The standard InChI is InChI=1S/C13H20FN3/c1-16(2)13-5-3-4-12(14)11(13)10-17-8-6-15-7-9-17/h3-5,15H,6-10H2,1-2H3. The molecule has 1 aromatic rings. The lowest BCUT2D eigenvalue weighted by molar-refractivity contribution is 0.230. The highest BCUT2D eigenvalue weighted by Crippen LogP contribution is 2.23. The van der Waals surface area contributed by atoms with E-state index in [4.69, 9.17) is 0 Å². The van der Waals surface area contributed by atoms with Crippen molar-refractivity contribution in [2.45, 2.75) is 6.54 Å². The Balaban J connectivity index is 2.18. The van der Waals surface area contributed by atoms with Crippen molar-refractivity contribution in [1.82, 2.24) is 10.2 Å². The molecule has 1 fully saturated rings. The first-order valence-corrected chi connectivity index (χ1v) is 6.06. The quantitative estimate of drug-likeness (QED) is 0.855. The lowest BCUT2D eigenvalue weighted by atomic mass is 10.1. The molecule has 0 atom stereocenters. The topological polar surface area (TPSA) is 18.5 Å². The zero-order valence-electron chi connectivity index (χ0n) is 10.5. The maximum atomic E-state index is 13.9. The summed E-state index contributed by atoms with van der Waals surface area (Å²) in [6, 6.07) is 5.29. The fraction of sp³-hybridized carbons (Fsp3) is 0.538. The summed E-state index contributed by atoms with van der Waals surface area (Å²) in [6.45, 7) is 4.65. The van der Waals surface area contributed by atoms with Crippen LogP contribution in [0.4, 0.5) is 10.1 Å². The van der Waals surface area contributed by atoms with Crippen molar-refractivity contribution in [3.8, 4) is 0 Å². The maximum Gasteiger partial charge on any atom is 0.129 e. The Morgan fingerprint density at radius 3 is 2.65 bits per heavy atom. The van der Waals surface area contributed by atoms with Gasteiger partial charge in [-0.25, -0.2) is 4.39 Å². The zero-order valence-corrected chi connectivity index (χ0v) is 10.5. The largest absolute Gasteiger partial charge is 0.377 e. The molecule has 3 nitrogen and oxygen atoms in total. The van der Waals surface area contributed by atoms with Crippen molar-refractivity contribution in [3.05, 3.63) is 29.6 Å². The van der Waals surface area contributed by atoms with Gasteiger partial charge in [-0.15, -0.1) is 0 Å². The van der Waals surface area contributed by atoms with Gasteiger partial charge in [-0.1, -0.05) is 6.07 Å². The van der Waals surface area contributed by atoms with Crippen molar-refractivity contribution < 1.29 is 4.39 Å². The summed E-state index contributed by atoms with van der Waals surface area (Å²) in [5.41, 5.74) is 1.78. The average molecular weight is 237 g/mol. The molecule has 1 heterocycles. The molecule has 1 saturated heterocycles. The Kier molecular flexibility index (Phi) is 3.97. The van der Waals surface area contributed by atoms with E-state index >= 15 is 0 Å². The number of benzene rings is 1. The second-order valence-electron chi connectivity index (χ2n) is 4.66. The molecule has 2 rings (SSSR count). The predicted octanol–water partition coefficient (Wildman–Crippen LogP) is 1.30. The Hall–Kier alpha value is -1.13. The number of nitrogens with one attached hydrogen (secondary N) is 1. The molecule has 94 valence electrons. The van der Waals surface area contributed by atoms with E-state index in [2.05, 4.69) is 10.2 Å². The number of hydrogen-bond donors (Lipinski definition) is 1. The molecule has 1 aliphatic heterocycles. The summed E-state index contributed by atoms with van der Waals surface area (Å²) >= 11 is 0. The summed E-state index contributed by atoms with van der Waals surface area (Å²) in [6.07, 6.45) is 0. The summed E-state index contributed by atoms with van der Waals surface area (Å²) < 4.78 is 13.9. The molecule has 1 aromatic carbocycles. The van der Waals surface area contributed by atoms with Crippen LogP contribution in [-0.4, -0.2) is 45.2 Å². The third kappa shape index (κ3) is 2.96. The highest BCUT2D eigenvalue weighted by molar-refractivity contribution is 5.53. The van der Waals surface area contributed by atoms with Crippen LogP contribution in [0.2, 0.25) is 0 Å². The minimum atomic E-state index is -0.102. The second kappa shape index (κ2) is 5.47. The van der Waals surface area contributed by atoms with Gasteiger partial charge in [0.1, 0.15) is 5.82 Å². The molecular formula is C13H20FN3. The highest BCUT2D eigenvalue weighted by Gasteiger charge is 2.15. The van der Waals surface area contributed by atoms with Gasteiger partial charge < -0.3 is 10.2 Å². The molecule has 1 aliphatic rings. The molecule has 0 spiro atoms. The molecule has 0 amide bonds. The Bertz CT molecular complexity index is 373. The van der Waals surface area contributed by atoms with Crippen LogP contribution in [0.5, 0.6) is 0 Å². The van der Waals surface area contributed by atoms with Gasteiger partial charge >= 0.3 is 0 Å². The number of rotatable bonds is 3. The van der Waals surface area contributed by atoms with Crippen LogP contribution in [0.25, 0.3) is 0 Å². The van der Waals surface area contributed by atoms with Crippen molar-refractivity contribution in [2.75, 3.05) is 45.2 Å². The van der Waals surface area contributed by atoms with Crippen LogP contribution < -0.4 is 10.2 Å². The molecular weight excluding hydrogens is 217 g/mol. The minimum Gasteiger partial charge on any atom is -0.377 e. The Labute approximate surface area is 102 Å². The van der Waals surface area contributed by atoms with Gasteiger partial charge in [0.2, 0.25) is 0 Å². The van der Waals surface area contributed by atoms with E-state index in [1.54, 1.807) is 12.1 Å². The van der Waals surface area contributed by atoms with Crippen LogP contribution in [-0.2, 0) is 6.54 Å². The summed E-state index contributed by atoms with van der Waals surface area (Å²) in [5, 5.41) is 3.31. The number of halogens is 1. The van der Waals surface area contributed by atoms with E-state index in [0.29, 0.717) is 6.54 Å². The van der Waals surface area contributed by atoms with Gasteiger partial charge in [0.15, 0.2) is 0 Å². The van der Waals surface area contributed by atoms with Crippen LogP contribution in [0.15, 0.2) is 18.2 Å². The summed E-state index contributed by atoms with van der Waals surface area (Å²) in [4.78, 5) is 4.27. The van der Waals surface area contributed by atoms with E-state index in [0.717, 1.165) is 37.4 Å². The van der Waals surface area contributed by atoms with Crippen LogP contribution in [0.1, 0.15) is 5.56 Å². The molecule has 0 aliphatic carbocycles. The van der Waals surface area contributed by atoms with Gasteiger partial charge in [0, 0.05) is 58.1 Å². The second-order valence-corrected chi connectivity index (χ2v) is 4.66. The molecule has 0 radical (unpaired) electrons. The SMILES string of the molecule is CN(C)c1cccc(F)c1CN1CCNCC1. The zero-order chi connectivity index (χ0) is 12.3. The smallest absolute Gasteiger partial charge is 0.129 e. The normalized spacial score (nSPS) is 17.1. The third-order valence-electron chi connectivity index (χ3n) is 3.17. The first-order chi connectivity index (χ1) is 8.18. The lowest BCUT2D eigenvalue weighted by Gasteiger charge is -2.29. The van der Waals surface area contributed by atoms with Crippen molar-refractivity contribution in [3.63, 3.8) is 0 Å². The van der Waals surface area contributed by atoms with Crippen molar-refractivity contribution in [1.29, 1.82) is 0 Å². The minimum absolute atomic E-state index is 0.102. The molecule has 4 heteroatoms. The van der Waals surface area contributed by atoms with Crippen LogP contribution >= 0.6 is 0 Å². The van der Waals surface area contributed by atoms with E-state index in [1.165, 1.54) is 0 Å². The fourth-order valence-corrected chi connectivity index (χ4v) is 2.22. The van der Waals surface area contributed by atoms with Gasteiger partial charge in [-0.3, -0.25) is 4.90 Å². The van der Waals surface area contributed by atoms with Gasteiger partial charge in [-0.2, -0.15) is 0 Å². The first-order valence-electron chi connectivity index (χ1n) is 6.06. The van der Waals surface area contributed by atoms with Gasteiger partial charge in [0.25, 0.3) is 0 Å². The third-order valence-corrected chi connectivity index (χ3v) is 3.17. The van der Waals surface area contributed by atoms with Gasteiger partial charge in [-0.05, 0) is 12.1 Å². The summed E-state index contributed by atoms with van der Waals surface area (Å²) in [5.74, 6) is -0.102. The molecule has 0 saturated carbocycles. The van der Waals surface area contributed by atoms with E-state index in [1.807, 2.05) is 25.1 Å². The van der Waals surface area contributed by atoms with E-state index in [9.17, 15) is 4.39 Å². The molecule has 0 aromatic heterocycles. The Morgan fingerprint density at radius 1 is 1.29 bits per heavy atom. The van der Waals surface area contributed by atoms with Crippen molar-refractivity contribution >= 4 is 5.69 Å². The van der Waals surface area contributed by atoms with E-state index in [-0.39, 0.29) is 5.82 Å². The number of anilines is 1. The fourth-order valence-electron chi connectivity index (χ4n) is 2.22. The molecule has 0 unspecified atom stereocenters. The maximum absolute atomic E-state index is 13.9. The first kappa shape index (κ1) is 12.3. The molecule has 1 N–H and O–H groups in total. The summed E-state index contributed by atoms with van der Waals surface area (Å²) in [7, 11) is 3.91. The van der Waals surface area contributed by atoms with Gasteiger partial charge in [0.05, 0.1) is 0 Å². The average Bonchev–Trinajstić information content (AvgIpc) is 2.33. The van der Waals surface area contributed by atoms with E-state index < -0.39 is 0 Å². The highest BCUT2D eigenvalue weighted by atomic mass is 19.1.